The minimum atomic E-state index is -4.23. The van der Waals surface area contributed by atoms with Gasteiger partial charge in [-0.15, -0.1) is 0 Å². The zero-order valence-corrected chi connectivity index (χ0v) is 20.6. The number of anilines is 2. The molecular formula is C14H14N4Na2O6S2+2. The summed E-state index contributed by atoms with van der Waals surface area (Å²) in [4.78, 5) is -0.449. The standard InChI is InChI=1S/C14H14N4O6S2.2Na/c19-25(20,21)13-5-1-11(2-6-13)17-15-9-10-16-18-12-3-7-14(8-4-12)26(22,23)24;;/h1-10,17-18H,(H,19,20,21)(H,22,23,24);;/q;2*+1/b15-9+,16-10+;;. The second kappa shape index (κ2) is 12.0. The van der Waals surface area contributed by atoms with E-state index in [9.17, 15) is 16.8 Å². The smallest absolute Gasteiger partial charge is 0.282 e. The molecule has 0 aliphatic carbocycles. The molecule has 4 N–H and O–H groups in total. The van der Waals surface area contributed by atoms with E-state index < -0.39 is 20.2 Å². The van der Waals surface area contributed by atoms with E-state index >= 15 is 0 Å². The van der Waals surface area contributed by atoms with Gasteiger partial charge in [0.2, 0.25) is 0 Å². The first-order valence-electron chi connectivity index (χ1n) is 6.88. The summed E-state index contributed by atoms with van der Waals surface area (Å²) in [6, 6.07) is 10.6. The maximum atomic E-state index is 10.9. The van der Waals surface area contributed by atoms with Crippen molar-refractivity contribution in [3.63, 3.8) is 0 Å². The molecule has 0 atom stereocenters. The van der Waals surface area contributed by atoms with Crippen LogP contribution in [0, 0.1) is 0 Å². The van der Waals surface area contributed by atoms with Gasteiger partial charge in [-0.25, -0.2) is 0 Å². The summed E-state index contributed by atoms with van der Waals surface area (Å²) in [5, 5.41) is 7.64. The third kappa shape index (κ3) is 9.13. The molecule has 0 saturated heterocycles. The van der Waals surface area contributed by atoms with Gasteiger partial charge < -0.3 is 0 Å². The molecule has 0 heterocycles. The molecular weight excluding hydrogens is 430 g/mol. The van der Waals surface area contributed by atoms with Crippen LogP contribution in [-0.4, -0.2) is 38.4 Å². The van der Waals surface area contributed by atoms with Crippen LogP contribution >= 0.6 is 0 Å². The Morgan fingerprint density at radius 2 is 0.929 bits per heavy atom. The monoisotopic (exact) mass is 444 g/mol. The topological polar surface area (TPSA) is 158 Å². The van der Waals surface area contributed by atoms with Crippen LogP contribution in [0.1, 0.15) is 0 Å². The molecule has 0 aliphatic heterocycles. The molecule has 0 spiro atoms. The van der Waals surface area contributed by atoms with E-state index in [1.165, 1.54) is 61.0 Å². The quantitative estimate of drug-likeness (QED) is 0.145. The number of hydrogen-bond donors (Lipinski definition) is 4. The average Bonchev–Trinajstić information content (AvgIpc) is 2.57. The summed E-state index contributed by atoms with van der Waals surface area (Å²) < 4.78 is 61.3. The van der Waals surface area contributed by atoms with Crippen molar-refractivity contribution in [1.29, 1.82) is 0 Å². The van der Waals surface area contributed by atoms with E-state index in [1.807, 2.05) is 0 Å². The minimum Gasteiger partial charge on any atom is -0.282 e. The molecule has 2 aromatic carbocycles. The minimum absolute atomic E-state index is 0. The number of hydrazone groups is 2. The largest absolute Gasteiger partial charge is 1.00 e. The van der Waals surface area contributed by atoms with E-state index in [0.29, 0.717) is 11.4 Å². The molecule has 0 unspecified atom stereocenters. The Bertz CT molecular complexity index is 939. The first kappa shape index (κ1) is 27.2. The predicted molar refractivity (Wildman–Crippen MR) is 96.7 cm³/mol. The molecule has 10 nitrogen and oxygen atoms in total. The summed E-state index contributed by atoms with van der Waals surface area (Å²) in [6.07, 6.45) is 2.63. The van der Waals surface area contributed by atoms with E-state index in [0.717, 1.165) is 0 Å². The Balaban J connectivity index is 0.00000364. The van der Waals surface area contributed by atoms with Crippen LogP contribution in [0.15, 0.2) is 68.5 Å². The summed E-state index contributed by atoms with van der Waals surface area (Å²) in [6.45, 7) is 0. The number of rotatable bonds is 7. The molecule has 2 aromatic rings. The zero-order chi connectivity index (χ0) is 19.2. The third-order valence-corrected chi connectivity index (χ3v) is 4.64. The summed E-state index contributed by atoms with van der Waals surface area (Å²) >= 11 is 0. The van der Waals surface area contributed by atoms with Gasteiger partial charge in [0.15, 0.2) is 0 Å². The maximum absolute atomic E-state index is 10.9. The van der Waals surface area contributed by atoms with Crippen molar-refractivity contribution < 1.29 is 85.1 Å². The maximum Gasteiger partial charge on any atom is 1.00 e. The van der Waals surface area contributed by atoms with Crippen molar-refractivity contribution >= 4 is 44.0 Å². The van der Waals surface area contributed by atoms with Crippen LogP contribution in [0.2, 0.25) is 0 Å². The van der Waals surface area contributed by atoms with Crippen molar-refractivity contribution in [3.05, 3.63) is 48.5 Å². The fourth-order valence-electron chi connectivity index (χ4n) is 1.69. The van der Waals surface area contributed by atoms with Crippen molar-refractivity contribution in [3.8, 4) is 0 Å². The number of benzene rings is 2. The molecule has 0 aromatic heterocycles. The van der Waals surface area contributed by atoms with Gasteiger partial charge in [-0.05, 0) is 48.5 Å². The predicted octanol–water partition coefficient (Wildman–Crippen LogP) is -4.32. The van der Waals surface area contributed by atoms with Crippen molar-refractivity contribution in [1.82, 2.24) is 0 Å². The molecule has 0 amide bonds. The van der Waals surface area contributed by atoms with Gasteiger partial charge in [-0.2, -0.15) is 27.0 Å². The molecule has 138 valence electrons. The van der Waals surface area contributed by atoms with Gasteiger partial charge in [-0.3, -0.25) is 20.0 Å². The summed E-state index contributed by atoms with van der Waals surface area (Å²) in [5.74, 6) is 0. The van der Waals surface area contributed by atoms with Gasteiger partial charge >= 0.3 is 59.1 Å². The van der Waals surface area contributed by atoms with Gasteiger partial charge in [-0.1, -0.05) is 0 Å². The van der Waals surface area contributed by atoms with Crippen LogP contribution in [-0.2, 0) is 20.2 Å². The number of nitrogens with one attached hydrogen (secondary N) is 2. The fraction of sp³-hybridized carbons (Fsp3) is 0. The fourth-order valence-corrected chi connectivity index (χ4v) is 2.65. The molecule has 28 heavy (non-hydrogen) atoms. The third-order valence-electron chi connectivity index (χ3n) is 2.91. The molecule has 0 radical (unpaired) electrons. The summed E-state index contributed by atoms with van der Waals surface area (Å²) in [7, 11) is -8.46. The number of nitrogens with zero attached hydrogens (tertiary/aromatic N) is 2. The van der Waals surface area contributed by atoms with E-state index in [-0.39, 0.29) is 68.9 Å². The van der Waals surface area contributed by atoms with Crippen molar-refractivity contribution in [2.45, 2.75) is 9.79 Å². The van der Waals surface area contributed by atoms with Crippen LogP contribution in [0.4, 0.5) is 11.4 Å². The Morgan fingerprint density at radius 3 is 1.18 bits per heavy atom. The Morgan fingerprint density at radius 1 is 0.643 bits per heavy atom. The van der Waals surface area contributed by atoms with E-state index in [2.05, 4.69) is 21.1 Å². The average molecular weight is 444 g/mol. The summed E-state index contributed by atoms with van der Waals surface area (Å²) in [5.41, 5.74) is 6.24. The first-order chi connectivity index (χ1) is 12.2. The Kier molecular flexibility index (Phi) is 11.7. The second-order valence-electron chi connectivity index (χ2n) is 4.78. The molecule has 0 fully saturated rings. The van der Waals surface area contributed by atoms with E-state index in [4.69, 9.17) is 9.11 Å². The molecule has 0 saturated carbocycles. The van der Waals surface area contributed by atoms with Crippen LogP contribution in [0.5, 0.6) is 0 Å². The second-order valence-corrected chi connectivity index (χ2v) is 7.62. The molecule has 14 heteroatoms. The van der Waals surface area contributed by atoms with Gasteiger partial charge in [0.05, 0.1) is 33.6 Å². The zero-order valence-electron chi connectivity index (χ0n) is 15.0. The van der Waals surface area contributed by atoms with Gasteiger partial charge in [0.1, 0.15) is 0 Å². The normalized spacial score (nSPS) is 11.6. The molecule has 0 bridgehead atoms. The van der Waals surface area contributed by atoms with Crippen LogP contribution < -0.4 is 70.0 Å². The van der Waals surface area contributed by atoms with Crippen molar-refractivity contribution in [2.24, 2.45) is 10.2 Å². The molecule has 0 aliphatic rings. The van der Waals surface area contributed by atoms with Gasteiger partial charge in [0.25, 0.3) is 20.2 Å². The van der Waals surface area contributed by atoms with E-state index in [1.54, 1.807) is 0 Å². The SMILES string of the molecule is O=S(=O)(O)c1ccc(N/N=C/C=N/Nc2ccc(S(=O)(=O)O)cc2)cc1.[Na+].[Na+]. The number of hydrogen-bond acceptors (Lipinski definition) is 8. The van der Waals surface area contributed by atoms with Crippen LogP contribution in [0.25, 0.3) is 0 Å². The van der Waals surface area contributed by atoms with Crippen molar-refractivity contribution in [2.75, 3.05) is 10.9 Å². The molecule has 2 rings (SSSR count). The Hall–Kier alpha value is -0.800. The van der Waals surface area contributed by atoms with Crippen LogP contribution in [0.3, 0.4) is 0 Å². The van der Waals surface area contributed by atoms with Gasteiger partial charge in [0, 0.05) is 0 Å². The first-order valence-corrected chi connectivity index (χ1v) is 9.76. The Labute approximate surface area is 206 Å².